The Hall–Kier alpha value is -3.37. The minimum atomic E-state index is -0.149. The molecule has 2 nitrogen and oxygen atoms in total. The molecule has 38 heavy (non-hydrogen) atoms. The lowest BCUT2D eigenvalue weighted by molar-refractivity contribution is 0.478. The molecule has 6 aromatic rings. The Kier molecular flexibility index (Phi) is 6.19. The molecule has 0 saturated heterocycles. The normalized spacial score (nSPS) is 11.9. The van der Waals surface area contributed by atoms with Crippen LogP contribution in [0.15, 0.2) is 90.3 Å². The van der Waals surface area contributed by atoms with Crippen molar-refractivity contribution in [2.45, 2.75) is 26.2 Å². The van der Waals surface area contributed by atoms with E-state index >= 15 is 0 Å². The Bertz CT molecular complexity index is 1770. The van der Waals surface area contributed by atoms with Gasteiger partial charge < -0.3 is 5.11 Å². The van der Waals surface area contributed by atoms with E-state index in [1.54, 1.807) is 0 Å². The van der Waals surface area contributed by atoms with E-state index in [0.717, 1.165) is 38.2 Å². The Balaban J connectivity index is 1.65. The number of benzene rings is 5. The number of phenolic OH excluding ortho intramolecular Hbond substituents is 1. The molecule has 0 aliphatic rings. The molecule has 0 unspecified atom stereocenters. The van der Waals surface area contributed by atoms with Crippen molar-refractivity contribution in [1.29, 1.82) is 0 Å². The predicted molar refractivity (Wildman–Crippen MR) is 164 cm³/mol. The minimum Gasteiger partial charge on any atom is -0.507 e. The molecule has 5 aromatic carbocycles. The Morgan fingerprint density at radius 1 is 0.711 bits per heavy atom. The molecule has 1 aromatic heterocycles. The maximum Gasteiger partial charge on any atom is 0.133 e. The van der Waals surface area contributed by atoms with Crippen molar-refractivity contribution in [2.24, 2.45) is 0 Å². The summed E-state index contributed by atoms with van der Waals surface area (Å²) in [4.78, 5) is 4.91. The number of fused-ring (bicyclic) bond motifs is 2. The molecule has 0 aliphatic heterocycles. The van der Waals surface area contributed by atoms with Crippen molar-refractivity contribution in [3.63, 3.8) is 0 Å². The van der Waals surface area contributed by atoms with Gasteiger partial charge in [-0.1, -0.05) is 98.6 Å². The first-order chi connectivity index (χ1) is 18.2. The SMILES string of the molecule is CC(C)(C)c1cc(-c2nc(-c3c(Cl)cccc3Cl)cs2)c(O)c(-c2c3ccccc3cc3ccccc23)c1. The number of aromatic nitrogens is 1. The number of halogens is 2. The first-order valence-electron chi connectivity index (χ1n) is 12.4. The molecular weight excluding hydrogens is 529 g/mol. The molecule has 5 heteroatoms. The third kappa shape index (κ3) is 4.25. The van der Waals surface area contributed by atoms with Crippen LogP contribution in [0.4, 0.5) is 0 Å². The summed E-state index contributed by atoms with van der Waals surface area (Å²) in [5.41, 5.74) is 4.88. The number of aromatic hydroxyl groups is 1. The van der Waals surface area contributed by atoms with E-state index in [9.17, 15) is 5.11 Å². The van der Waals surface area contributed by atoms with Gasteiger partial charge in [0.05, 0.1) is 21.3 Å². The summed E-state index contributed by atoms with van der Waals surface area (Å²) >= 11 is 14.4. The van der Waals surface area contributed by atoms with Crippen LogP contribution in [0.5, 0.6) is 5.75 Å². The van der Waals surface area contributed by atoms with Crippen LogP contribution in [0, 0.1) is 0 Å². The molecule has 1 heterocycles. The Labute approximate surface area is 236 Å². The van der Waals surface area contributed by atoms with Gasteiger partial charge in [-0.2, -0.15) is 0 Å². The monoisotopic (exact) mass is 553 g/mol. The fourth-order valence-electron chi connectivity index (χ4n) is 4.98. The number of nitrogens with zero attached hydrogens (tertiary/aromatic N) is 1. The summed E-state index contributed by atoms with van der Waals surface area (Å²) in [6.45, 7) is 6.56. The minimum absolute atomic E-state index is 0.149. The van der Waals surface area contributed by atoms with Gasteiger partial charge in [0.15, 0.2) is 0 Å². The zero-order valence-corrected chi connectivity index (χ0v) is 23.5. The van der Waals surface area contributed by atoms with E-state index in [4.69, 9.17) is 28.2 Å². The van der Waals surface area contributed by atoms with Gasteiger partial charge in [-0.25, -0.2) is 4.98 Å². The van der Waals surface area contributed by atoms with Gasteiger partial charge in [0.1, 0.15) is 10.8 Å². The fourth-order valence-corrected chi connectivity index (χ4v) is 6.40. The third-order valence-corrected chi connectivity index (χ3v) is 8.48. The van der Waals surface area contributed by atoms with Crippen molar-refractivity contribution >= 4 is 56.1 Å². The van der Waals surface area contributed by atoms with Crippen molar-refractivity contribution in [3.05, 3.63) is 106 Å². The average molecular weight is 555 g/mol. The maximum absolute atomic E-state index is 11.9. The molecular formula is C33H25Cl2NOS. The zero-order chi connectivity index (χ0) is 26.6. The molecule has 0 bridgehead atoms. The molecule has 0 atom stereocenters. The number of hydrogen-bond acceptors (Lipinski definition) is 3. The average Bonchev–Trinajstić information content (AvgIpc) is 3.36. The molecule has 6 rings (SSSR count). The van der Waals surface area contributed by atoms with Gasteiger partial charge in [-0.05, 0) is 62.9 Å². The van der Waals surface area contributed by atoms with Crippen molar-refractivity contribution in [1.82, 2.24) is 4.98 Å². The molecule has 0 spiro atoms. The molecule has 0 aliphatic carbocycles. The van der Waals surface area contributed by atoms with Crippen LogP contribution in [0.25, 0.3) is 54.5 Å². The number of rotatable bonds is 3. The highest BCUT2D eigenvalue weighted by Gasteiger charge is 2.24. The summed E-state index contributed by atoms with van der Waals surface area (Å²) in [7, 11) is 0. The van der Waals surface area contributed by atoms with E-state index in [2.05, 4.69) is 75.4 Å². The lowest BCUT2D eigenvalue weighted by Crippen LogP contribution is -2.11. The molecule has 188 valence electrons. The van der Waals surface area contributed by atoms with E-state index in [1.807, 2.05) is 35.7 Å². The summed E-state index contributed by atoms with van der Waals surface area (Å²) in [6.07, 6.45) is 0. The molecule has 0 fully saturated rings. The van der Waals surface area contributed by atoms with Crippen LogP contribution < -0.4 is 0 Å². The number of thiazole rings is 1. The molecule has 0 amide bonds. The highest BCUT2D eigenvalue weighted by molar-refractivity contribution is 7.13. The fraction of sp³-hybridized carbons (Fsp3) is 0.121. The standard InChI is InChI=1S/C33H25Cl2NOS/c1-33(2,3)21-16-24(29-22-11-6-4-9-19(22)15-20-10-5-7-12-23(20)29)31(37)25(17-21)32-36-28(18-38-32)30-26(34)13-8-14-27(30)35/h4-18,37H,1-3H3. The van der Waals surface area contributed by atoms with Crippen LogP contribution in [-0.2, 0) is 5.41 Å². The third-order valence-electron chi connectivity index (χ3n) is 6.97. The van der Waals surface area contributed by atoms with E-state index in [0.29, 0.717) is 31.9 Å². The predicted octanol–water partition coefficient (Wildman–Crippen LogP) is 10.8. The van der Waals surface area contributed by atoms with E-state index in [1.165, 1.54) is 11.3 Å². The molecule has 0 saturated carbocycles. The first kappa shape index (κ1) is 24.9. The number of hydrogen-bond donors (Lipinski definition) is 1. The van der Waals surface area contributed by atoms with E-state index < -0.39 is 0 Å². The lowest BCUT2D eigenvalue weighted by Gasteiger charge is -2.23. The molecule has 1 N–H and O–H groups in total. The lowest BCUT2D eigenvalue weighted by atomic mass is 9.82. The smallest absolute Gasteiger partial charge is 0.133 e. The van der Waals surface area contributed by atoms with Crippen molar-refractivity contribution in [3.8, 4) is 38.7 Å². The largest absolute Gasteiger partial charge is 0.507 e. The summed E-state index contributed by atoms with van der Waals surface area (Å²) < 4.78 is 0. The van der Waals surface area contributed by atoms with Crippen LogP contribution in [0.3, 0.4) is 0 Å². The van der Waals surface area contributed by atoms with Gasteiger partial charge in [0.2, 0.25) is 0 Å². The summed E-state index contributed by atoms with van der Waals surface area (Å²) in [5, 5.41) is 20.1. The van der Waals surface area contributed by atoms with Gasteiger partial charge in [-0.15, -0.1) is 11.3 Å². The van der Waals surface area contributed by atoms with Crippen LogP contribution >= 0.6 is 34.5 Å². The topological polar surface area (TPSA) is 33.1 Å². The van der Waals surface area contributed by atoms with Crippen molar-refractivity contribution in [2.75, 3.05) is 0 Å². The Morgan fingerprint density at radius 2 is 1.29 bits per heavy atom. The summed E-state index contributed by atoms with van der Waals surface area (Å²) in [6, 6.07) is 28.5. The summed E-state index contributed by atoms with van der Waals surface area (Å²) in [5.74, 6) is 0.214. The van der Waals surface area contributed by atoms with Crippen molar-refractivity contribution < 1.29 is 5.11 Å². The second kappa shape index (κ2) is 9.43. The van der Waals surface area contributed by atoms with E-state index in [-0.39, 0.29) is 11.2 Å². The second-order valence-electron chi connectivity index (χ2n) is 10.5. The van der Waals surface area contributed by atoms with Gasteiger partial charge >= 0.3 is 0 Å². The van der Waals surface area contributed by atoms with Gasteiger partial charge in [0, 0.05) is 22.1 Å². The van der Waals surface area contributed by atoms with Crippen LogP contribution in [0.1, 0.15) is 26.3 Å². The second-order valence-corrected chi connectivity index (χ2v) is 12.2. The quantitative estimate of drug-likeness (QED) is 0.221. The maximum atomic E-state index is 11.9. The Morgan fingerprint density at radius 3 is 1.89 bits per heavy atom. The van der Waals surface area contributed by atoms with Crippen LogP contribution in [-0.4, -0.2) is 10.1 Å². The first-order valence-corrected chi connectivity index (χ1v) is 14.0. The zero-order valence-electron chi connectivity index (χ0n) is 21.2. The number of phenols is 1. The van der Waals surface area contributed by atoms with Gasteiger partial charge in [-0.3, -0.25) is 0 Å². The van der Waals surface area contributed by atoms with Gasteiger partial charge in [0.25, 0.3) is 0 Å². The molecule has 0 radical (unpaired) electrons. The van der Waals surface area contributed by atoms with Crippen LogP contribution in [0.2, 0.25) is 10.0 Å². The highest BCUT2D eigenvalue weighted by atomic mass is 35.5. The highest BCUT2D eigenvalue weighted by Crippen LogP contribution is 2.47.